The minimum Gasteiger partial charge on any atom is -0.365 e. The molecule has 1 aromatic rings. The van der Waals surface area contributed by atoms with Crippen molar-refractivity contribution in [2.24, 2.45) is 11.8 Å². The van der Waals surface area contributed by atoms with Crippen LogP contribution in [0, 0.1) is 22.0 Å². The summed E-state index contributed by atoms with van der Waals surface area (Å²) in [5, 5.41) is 21.7. The first-order valence-electron chi connectivity index (χ1n) is 8.70. The summed E-state index contributed by atoms with van der Waals surface area (Å²) < 4.78 is 46.0. The fourth-order valence-electron chi connectivity index (χ4n) is 4.33. The normalized spacial score (nSPS) is 33.2. The molecular weight excluding hydrogens is 383 g/mol. The number of Topliss-reactive ketones (excluding diaryl/α,β-unsaturated/α-hetero) is 2. The van der Waals surface area contributed by atoms with Gasteiger partial charge in [-0.2, -0.15) is 13.2 Å². The Hall–Kier alpha value is -2.33. The molecule has 2 aliphatic rings. The summed E-state index contributed by atoms with van der Waals surface area (Å²) in [6.45, 7) is 0.975. The number of halogens is 3. The van der Waals surface area contributed by atoms with E-state index in [-0.39, 0.29) is 30.5 Å². The lowest BCUT2D eigenvalue weighted by Gasteiger charge is -2.52. The van der Waals surface area contributed by atoms with Crippen LogP contribution in [-0.2, 0) is 14.3 Å². The predicted molar refractivity (Wildman–Crippen MR) is 88.2 cm³/mol. The van der Waals surface area contributed by atoms with Crippen molar-refractivity contribution >= 4 is 17.3 Å². The van der Waals surface area contributed by atoms with Gasteiger partial charge in [-0.05, 0) is 18.9 Å². The van der Waals surface area contributed by atoms with Crippen molar-refractivity contribution < 1.29 is 37.5 Å². The van der Waals surface area contributed by atoms with Crippen molar-refractivity contribution in [3.8, 4) is 0 Å². The van der Waals surface area contributed by atoms with Gasteiger partial charge in [0.1, 0.15) is 11.6 Å². The number of hydrogen-bond acceptors (Lipinski definition) is 6. The molecule has 5 atom stereocenters. The Kier molecular flexibility index (Phi) is 5.05. The molecule has 2 fully saturated rings. The number of hydrogen-bond donors (Lipinski definition) is 1. The number of nitrogens with zero attached hydrogens (tertiary/aromatic N) is 1. The summed E-state index contributed by atoms with van der Waals surface area (Å²) in [7, 11) is 0. The van der Waals surface area contributed by atoms with Crippen molar-refractivity contribution in [1.82, 2.24) is 0 Å². The standard InChI is InChI=1S/C18H18F3NO6/c1-9(23)13-14(10-4-6-11(7-5-10)22(26)27)15-12(24)3-2-8-17(15,25)28-16(13)18(19,20)21/h4-7,13-16,25H,2-3,8H2,1H3. The highest BCUT2D eigenvalue weighted by molar-refractivity contribution is 5.87. The molecule has 152 valence electrons. The molecular formula is C18H18F3NO6. The van der Waals surface area contributed by atoms with Gasteiger partial charge in [0.05, 0.1) is 16.8 Å². The molecule has 0 aromatic heterocycles. The van der Waals surface area contributed by atoms with E-state index in [1.54, 1.807) is 0 Å². The molecule has 1 N–H and O–H groups in total. The largest absolute Gasteiger partial charge is 0.415 e. The van der Waals surface area contributed by atoms with E-state index in [0.29, 0.717) is 0 Å². The highest BCUT2D eigenvalue weighted by atomic mass is 19.4. The number of rotatable bonds is 3. The third kappa shape index (κ3) is 3.42. The summed E-state index contributed by atoms with van der Waals surface area (Å²) in [5.74, 6) is -8.12. The van der Waals surface area contributed by atoms with Crippen molar-refractivity contribution in [2.75, 3.05) is 0 Å². The van der Waals surface area contributed by atoms with Crippen LogP contribution in [0.1, 0.15) is 37.7 Å². The van der Waals surface area contributed by atoms with Gasteiger partial charge in [0, 0.05) is 30.9 Å². The first-order valence-corrected chi connectivity index (χ1v) is 8.70. The summed E-state index contributed by atoms with van der Waals surface area (Å²) in [5.41, 5.74) is -0.144. The number of fused-ring (bicyclic) bond motifs is 1. The highest BCUT2D eigenvalue weighted by Crippen LogP contribution is 2.54. The van der Waals surface area contributed by atoms with Gasteiger partial charge in [0.2, 0.25) is 0 Å². The minimum atomic E-state index is -4.95. The maximum Gasteiger partial charge on any atom is 0.415 e. The topological polar surface area (TPSA) is 107 Å². The Morgan fingerprint density at radius 3 is 2.43 bits per heavy atom. The van der Waals surface area contributed by atoms with E-state index in [2.05, 4.69) is 0 Å². The van der Waals surface area contributed by atoms with E-state index in [4.69, 9.17) is 4.74 Å². The van der Waals surface area contributed by atoms with E-state index in [9.17, 15) is 38.0 Å². The van der Waals surface area contributed by atoms with E-state index in [1.807, 2.05) is 0 Å². The fourth-order valence-corrected chi connectivity index (χ4v) is 4.33. The van der Waals surface area contributed by atoms with Gasteiger partial charge in [0.25, 0.3) is 5.69 Å². The van der Waals surface area contributed by atoms with E-state index in [0.717, 1.165) is 19.1 Å². The molecule has 0 bridgehead atoms. The van der Waals surface area contributed by atoms with Gasteiger partial charge in [0.15, 0.2) is 11.9 Å². The SMILES string of the molecule is CC(=O)C1C(c2ccc([N+](=O)[O-])cc2)C2C(=O)CCCC2(O)OC1C(F)(F)F. The van der Waals surface area contributed by atoms with Gasteiger partial charge < -0.3 is 9.84 Å². The van der Waals surface area contributed by atoms with Crippen LogP contribution in [0.4, 0.5) is 18.9 Å². The third-order valence-corrected chi connectivity index (χ3v) is 5.48. The molecule has 7 nitrogen and oxygen atoms in total. The molecule has 1 saturated heterocycles. The molecule has 1 aliphatic heterocycles. The van der Waals surface area contributed by atoms with Crippen LogP contribution >= 0.6 is 0 Å². The van der Waals surface area contributed by atoms with Crippen LogP contribution in [0.25, 0.3) is 0 Å². The number of nitro groups is 1. The molecule has 3 rings (SSSR count). The Bertz CT molecular complexity index is 809. The van der Waals surface area contributed by atoms with Crippen LogP contribution in [0.2, 0.25) is 0 Å². The van der Waals surface area contributed by atoms with Gasteiger partial charge in [-0.25, -0.2) is 0 Å². The van der Waals surface area contributed by atoms with Gasteiger partial charge >= 0.3 is 6.18 Å². The smallest absolute Gasteiger partial charge is 0.365 e. The van der Waals surface area contributed by atoms with Crippen LogP contribution in [0.3, 0.4) is 0 Å². The number of nitro benzene ring substituents is 1. The van der Waals surface area contributed by atoms with Crippen molar-refractivity contribution in [3.63, 3.8) is 0 Å². The molecule has 0 amide bonds. The summed E-state index contributed by atoms with van der Waals surface area (Å²) >= 11 is 0. The fraction of sp³-hybridized carbons (Fsp3) is 0.556. The first-order chi connectivity index (χ1) is 13.0. The van der Waals surface area contributed by atoms with Crippen molar-refractivity contribution in [3.05, 3.63) is 39.9 Å². The number of aliphatic hydroxyl groups is 1. The van der Waals surface area contributed by atoms with Gasteiger partial charge in [-0.1, -0.05) is 12.1 Å². The zero-order valence-corrected chi connectivity index (χ0v) is 14.8. The van der Waals surface area contributed by atoms with E-state index < -0.39 is 52.3 Å². The van der Waals surface area contributed by atoms with E-state index in [1.165, 1.54) is 12.1 Å². The number of alkyl halides is 3. The molecule has 1 heterocycles. The Morgan fingerprint density at radius 2 is 1.93 bits per heavy atom. The monoisotopic (exact) mass is 401 g/mol. The molecule has 1 aliphatic carbocycles. The Morgan fingerprint density at radius 1 is 1.32 bits per heavy atom. The highest BCUT2D eigenvalue weighted by Gasteiger charge is 2.64. The molecule has 0 radical (unpaired) electrons. The quantitative estimate of drug-likeness (QED) is 0.617. The second-order valence-corrected chi connectivity index (χ2v) is 7.23. The average molecular weight is 401 g/mol. The third-order valence-electron chi connectivity index (χ3n) is 5.48. The average Bonchev–Trinajstić information content (AvgIpc) is 2.59. The molecule has 1 aromatic carbocycles. The van der Waals surface area contributed by atoms with Gasteiger partial charge in [-0.15, -0.1) is 0 Å². The zero-order chi connectivity index (χ0) is 20.9. The minimum absolute atomic E-state index is 0.0428. The van der Waals surface area contributed by atoms with Crippen LogP contribution in [-0.4, -0.2) is 39.7 Å². The Labute approximate surface area is 157 Å². The number of non-ortho nitro benzene ring substituents is 1. The van der Waals surface area contributed by atoms with Gasteiger partial charge in [-0.3, -0.25) is 19.7 Å². The molecule has 28 heavy (non-hydrogen) atoms. The second kappa shape index (κ2) is 6.93. The van der Waals surface area contributed by atoms with Crippen molar-refractivity contribution in [2.45, 2.75) is 50.2 Å². The number of ketones is 2. The predicted octanol–water partition coefficient (Wildman–Crippen LogP) is 2.90. The van der Waals surface area contributed by atoms with Crippen LogP contribution in [0.5, 0.6) is 0 Å². The maximum absolute atomic E-state index is 13.7. The first kappa shape index (κ1) is 20.4. The zero-order valence-electron chi connectivity index (χ0n) is 14.8. The van der Waals surface area contributed by atoms with E-state index >= 15 is 0 Å². The maximum atomic E-state index is 13.7. The lowest BCUT2D eigenvalue weighted by Crippen LogP contribution is -2.63. The summed E-state index contributed by atoms with van der Waals surface area (Å²) in [4.78, 5) is 35.0. The number of ether oxygens (including phenoxy) is 1. The van der Waals surface area contributed by atoms with Crippen LogP contribution in [0.15, 0.2) is 24.3 Å². The molecule has 10 heteroatoms. The number of carbonyl (C=O) groups excluding carboxylic acids is 2. The second-order valence-electron chi connectivity index (χ2n) is 7.23. The molecule has 1 saturated carbocycles. The lowest BCUT2D eigenvalue weighted by atomic mass is 9.63. The summed E-state index contributed by atoms with van der Waals surface area (Å²) in [6.07, 6.45) is -7.51. The number of carbonyl (C=O) groups is 2. The number of benzene rings is 1. The Balaban J connectivity index is 2.17. The van der Waals surface area contributed by atoms with Crippen LogP contribution < -0.4 is 0 Å². The van der Waals surface area contributed by atoms with Crippen molar-refractivity contribution in [1.29, 1.82) is 0 Å². The summed E-state index contributed by atoms with van der Waals surface area (Å²) in [6, 6.07) is 4.63. The lowest BCUT2D eigenvalue weighted by molar-refractivity contribution is -0.384. The molecule has 0 spiro atoms. The molecule has 5 unspecified atom stereocenters.